The standard InChI is InChI=1S/C19H17ClN4O2/c20-13-5-6-14-16(11-13)21-12-22-18(14)23-7-9-24(10-8-23)19(26)15-3-1-2-4-17(15)25/h1-6,11-12,25H,7-10H2. The van der Waals surface area contributed by atoms with Gasteiger partial charge in [-0.15, -0.1) is 0 Å². The fourth-order valence-corrected chi connectivity index (χ4v) is 3.38. The maximum atomic E-state index is 12.6. The van der Waals surface area contributed by atoms with Crippen molar-refractivity contribution < 1.29 is 9.90 Å². The number of carbonyl (C=O) groups is 1. The molecule has 0 aliphatic carbocycles. The predicted molar refractivity (Wildman–Crippen MR) is 101 cm³/mol. The second-order valence-electron chi connectivity index (χ2n) is 6.16. The number of carbonyl (C=O) groups excluding carboxylic acids is 1. The van der Waals surface area contributed by atoms with Gasteiger partial charge in [-0.05, 0) is 30.3 Å². The normalized spacial score (nSPS) is 14.7. The molecule has 26 heavy (non-hydrogen) atoms. The van der Waals surface area contributed by atoms with Gasteiger partial charge in [-0.1, -0.05) is 23.7 Å². The molecule has 0 atom stereocenters. The smallest absolute Gasteiger partial charge is 0.257 e. The minimum atomic E-state index is -0.151. The molecule has 1 N–H and O–H groups in total. The minimum Gasteiger partial charge on any atom is -0.507 e. The lowest BCUT2D eigenvalue weighted by atomic mass is 10.1. The van der Waals surface area contributed by atoms with Crippen LogP contribution in [0.5, 0.6) is 5.75 Å². The zero-order valence-electron chi connectivity index (χ0n) is 14.0. The molecule has 1 amide bonds. The molecule has 4 rings (SSSR count). The van der Waals surface area contributed by atoms with Crippen molar-refractivity contribution in [1.29, 1.82) is 0 Å². The maximum absolute atomic E-state index is 12.6. The number of phenols is 1. The van der Waals surface area contributed by atoms with Crippen LogP contribution in [0, 0.1) is 0 Å². The van der Waals surface area contributed by atoms with E-state index in [0.29, 0.717) is 36.8 Å². The number of para-hydroxylation sites is 1. The van der Waals surface area contributed by atoms with Crippen molar-refractivity contribution >= 4 is 34.2 Å². The number of hydrogen-bond donors (Lipinski definition) is 1. The van der Waals surface area contributed by atoms with Crippen LogP contribution in [0.25, 0.3) is 10.9 Å². The first kappa shape index (κ1) is 16.6. The first-order valence-electron chi connectivity index (χ1n) is 8.36. The molecular formula is C19H17ClN4O2. The van der Waals surface area contributed by atoms with Gasteiger partial charge < -0.3 is 14.9 Å². The number of hydrogen-bond acceptors (Lipinski definition) is 5. The Labute approximate surface area is 155 Å². The van der Waals surface area contributed by atoms with E-state index >= 15 is 0 Å². The number of benzene rings is 2. The number of halogens is 1. The molecule has 6 nitrogen and oxygen atoms in total. The lowest BCUT2D eigenvalue weighted by molar-refractivity contribution is 0.0743. The molecule has 1 aliphatic rings. The van der Waals surface area contributed by atoms with E-state index < -0.39 is 0 Å². The van der Waals surface area contributed by atoms with Crippen LogP contribution in [-0.2, 0) is 0 Å². The van der Waals surface area contributed by atoms with E-state index in [1.165, 1.54) is 12.4 Å². The summed E-state index contributed by atoms with van der Waals surface area (Å²) in [6, 6.07) is 12.2. The van der Waals surface area contributed by atoms with Crippen LogP contribution in [0.4, 0.5) is 5.82 Å². The van der Waals surface area contributed by atoms with E-state index in [-0.39, 0.29) is 11.7 Å². The molecule has 1 aromatic heterocycles. The highest BCUT2D eigenvalue weighted by Crippen LogP contribution is 2.26. The molecule has 0 radical (unpaired) electrons. The summed E-state index contributed by atoms with van der Waals surface area (Å²) in [5, 5.41) is 11.5. The minimum absolute atomic E-state index is 0.0126. The van der Waals surface area contributed by atoms with Gasteiger partial charge in [-0.3, -0.25) is 4.79 Å². The zero-order valence-corrected chi connectivity index (χ0v) is 14.7. The van der Waals surface area contributed by atoms with Gasteiger partial charge in [0.2, 0.25) is 0 Å². The number of anilines is 1. The highest BCUT2D eigenvalue weighted by atomic mass is 35.5. The van der Waals surface area contributed by atoms with Crippen LogP contribution < -0.4 is 4.90 Å². The molecule has 0 saturated carbocycles. The molecule has 0 bridgehead atoms. The second kappa shape index (κ2) is 6.80. The molecular weight excluding hydrogens is 352 g/mol. The average Bonchev–Trinajstić information content (AvgIpc) is 2.67. The Morgan fingerprint density at radius 2 is 1.81 bits per heavy atom. The second-order valence-corrected chi connectivity index (χ2v) is 6.59. The highest BCUT2D eigenvalue weighted by molar-refractivity contribution is 6.31. The van der Waals surface area contributed by atoms with Crippen molar-refractivity contribution in [2.24, 2.45) is 0 Å². The monoisotopic (exact) mass is 368 g/mol. The third kappa shape index (κ3) is 3.04. The molecule has 0 spiro atoms. The number of amides is 1. The molecule has 2 heterocycles. The third-order valence-electron chi connectivity index (χ3n) is 4.58. The van der Waals surface area contributed by atoms with Crippen molar-refractivity contribution in [2.45, 2.75) is 0 Å². The lowest BCUT2D eigenvalue weighted by Crippen LogP contribution is -2.49. The van der Waals surface area contributed by atoms with Crippen molar-refractivity contribution in [3.63, 3.8) is 0 Å². The molecule has 3 aromatic rings. The predicted octanol–water partition coefficient (Wildman–Crippen LogP) is 2.95. The highest BCUT2D eigenvalue weighted by Gasteiger charge is 2.25. The number of aromatic nitrogens is 2. The number of phenolic OH excluding ortho intramolecular Hbond substituents is 1. The van der Waals surface area contributed by atoms with E-state index in [1.807, 2.05) is 18.2 Å². The quantitative estimate of drug-likeness (QED) is 0.753. The first-order valence-corrected chi connectivity index (χ1v) is 8.74. The number of aromatic hydroxyl groups is 1. The largest absolute Gasteiger partial charge is 0.507 e. The van der Waals surface area contributed by atoms with E-state index in [1.54, 1.807) is 23.1 Å². The van der Waals surface area contributed by atoms with Crippen LogP contribution in [0.1, 0.15) is 10.4 Å². The van der Waals surface area contributed by atoms with Gasteiger partial charge in [0.15, 0.2) is 0 Å². The molecule has 1 aliphatic heterocycles. The van der Waals surface area contributed by atoms with E-state index in [2.05, 4.69) is 14.9 Å². The van der Waals surface area contributed by atoms with Crippen molar-refractivity contribution in [1.82, 2.24) is 14.9 Å². The first-order chi connectivity index (χ1) is 12.6. The number of nitrogens with zero attached hydrogens (tertiary/aromatic N) is 4. The van der Waals surface area contributed by atoms with Crippen LogP contribution in [0.3, 0.4) is 0 Å². The van der Waals surface area contributed by atoms with E-state index in [0.717, 1.165) is 16.7 Å². The Balaban J connectivity index is 1.52. The fourth-order valence-electron chi connectivity index (χ4n) is 3.21. The van der Waals surface area contributed by atoms with Crippen LogP contribution in [0.2, 0.25) is 5.02 Å². The van der Waals surface area contributed by atoms with Gasteiger partial charge in [0, 0.05) is 36.6 Å². The summed E-state index contributed by atoms with van der Waals surface area (Å²) in [4.78, 5) is 25.2. The number of fused-ring (bicyclic) bond motifs is 1. The summed E-state index contributed by atoms with van der Waals surface area (Å²) < 4.78 is 0. The fraction of sp³-hybridized carbons (Fsp3) is 0.211. The summed E-state index contributed by atoms with van der Waals surface area (Å²) in [6.07, 6.45) is 1.54. The Hall–Kier alpha value is -2.86. The summed E-state index contributed by atoms with van der Waals surface area (Å²) in [5.41, 5.74) is 1.14. The van der Waals surface area contributed by atoms with E-state index in [4.69, 9.17) is 11.6 Å². The summed E-state index contributed by atoms with van der Waals surface area (Å²) in [7, 11) is 0. The van der Waals surface area contributed by atoms with Gasteiger partial charge in [0.1, 0.15) is 17.9 Å². The Bertz CT molecular complexity index is 971. The van der Waals surface area contributed by atoms with Gasteiger partial charge in [-0.25, -0.2) is 9.97 Å². The van der Waals surface area contributed by atoms with Crippen LogP contribution in [0.15, 0.2) is 48.8 Å². The lowest BCUT2D eigenvalue weighted by Gasteiger charge is -2.35. The molecule has 2 aromatic carbocycles. The van der Waals surface area contributed by atoms with Crippen molar-refractivity contribution in [3.05, 3.63) is 59.4 Å². The van der Waals surface area contributed by atoms with Gasteiger partial charge in [0.25, 0.3) is 5.91 Å². The number of piperazine rings is 1. The Morgan fingerprint density at radius 3 is 2.58 bits per heavy atom. The molecule has 7 heteroatoms. The maximum Gasteiger partial charge on any atom is 0.257 e. The molecule has 1 saturated heterocycles. The number of rotatable bonds is 2. The van der Waals surface area contributed by atoms with Gasteiger partial charge >= 0.3 is 0 Å². The summed E-state index contributed by atoms with van der Waals surface area (Å²) in [5.74, 6) is 0.710. The van der Waals surface area contributed by atoms with Crippen molar-refractivity contribution in [2.75, 3.05) is 31.1 Å². The Morgan fingerprint density at radius 1 is 1.04 bits per heavy atom. The molecule has 1 fully saturated rings. The molecule has 132 valence electrons. The topological polar surface area (TPSA) is 69.6 Å². The van der Waals surface area contributed by atoms with Crippen molar-refractivity contribution in [3.8, 4) is 5.75 Å². The van der Waals surface area contributed by atoms with Crippen LogP contribution >= 0.6 is 11.6 Å². The average molecular weight is 369 g/mol. The zero-order chi connectivity index (χ0) is 18.1. The van der Waals surface area contributed by atoms with E-state index in [9.17, 15) is 9.90 Å². The molecule has 0 unspecified atom stereocenters. The summed E-state index contributed by atoms with van der Waals surface area (Å²) >= 11 is 6.04. The summed E-state index contributed by atoms with van der Waals surface area (Å²) in [6.45, 7) is 2.45. The van der Waals surface area contributed by atoms with Crippen LogP contribution in [-0.4, -0.2) is 52.1 Å². The Kier molecular flexibility index (Phi) is 4.34. The van der Waals surface area contributed by atoms with Gasteiger partial charge in [0.05, 0.1) is 11.1 Å². The SMILES string of the molecule is O=C(c1ccccc1O)N1CCN(c2ncnc3cc(Cl)ccc23)CC1. The third-order valence-corrected chi connectivity index (χ3v) is 4.81. The van der Waals surface area contributed by atoms with Gasteiger partial charge in [-0.2, -0.15) is 0 Å².